The first kappa shape index (κ1) is 27.4. The maximum atomic E-state index is 6.54. The van der Waals surface area contributed by atoms with Gasteiger partial charge < -0.3 is 4.42 Å². The van der Waals surface area contributed by atoms with Gasteiger partial charge in [-0.3, -0.25) is 4.98 Å². The van der Waals surface area contributed by atoms with Gasteiger partial charge in [0.25, 0.3) is 0 Å². The predicted octanol–water partition coefficient (Wildman–Crippen LogP) is 11.7. The molecule has 0 amide bonds. The molecule has 0 fully saturated rings. The Balaban J connectivity index is 1.21. The first-order valence-corrected chi connectivity index (χ1v) is 17.1. The number of hydrogen-bond acceptors (Lipinski definition) is 3. The highest BCUT2D eigenvalue weighted by Gasteiger charge is 2.52. The highest BCUT2D eigenvalue weighted by atomic mass is 16.3. The van der Waals surface area contributed by atoms with Crippen molar-refractivity contribution in [1.29, 1.82) is 0 Å². The Morgan fingerprint density at radius 1 is 0.380 bits per heavy atom. The molecule has 11 rings (SSSR count). The highest BCUT2D eigenvalue weighted by Crippen LogP contribution is 2.63. The van der Waals surface area contributed by atoms with Crippen molar-refractivity contribution < 1.29 is 4.42 Å². The van der Waals surface area contributed by atoms with Crippen LogP contribution in [0.4, 0.5) is 0 Å². The summed E-state index contributed by atoms with van der Waals surface area (Å²) in [6, 6.07) is 58.6. The molecule has 3 heterocycles. The molecule has 3 heteroatoms. The van der Waals surface area contributed by atoms with Crippen LogP contribution in [0.2, 0.25) is 0 Å². The van der Waals surface area contributed by atoms with Crippen LogP contribution in [0.3, 0.4) is 0 Å². The van der Waals surface area contributed by atoms with Crippen molar-refractivity contribution in [2.24, 2.45) is 0 Å². The second-order valence-electron chi connectivity index (χ2n) is 13.3. The molecule has 0 unspecified atom stereocenters. The average Bonchev–Trinajstić information content (AvgIpc) is 3.81. The van der Waals surface area contributed by atoms with Crippen molar-refractivity contribution in [2.45, 2.75) is 5.41 Å². The molecule has 232 valence electrons. The molecular formula is C47H28N2O. The van der Waals surface area contributed by atoms with Gasteiger partial charge in [0.15, 0.2) is 0 Å². The summed E-state index contributed by atoms with van der Waals surface area (Å²) in [6.45, 7) is 0. The van der Waals surface area contributed by atoms with Crippen molar-refractivity contribution >= 4 is 21.9 Å². The predicted molar refractivity (Wildman–Crippen MR) is 202 cm³/mol. The molecule has 2 aliphatic carbocycles. The van der Waals surface area contributed by atoms with Crippen LogP contribution in [0.15, 0.2) is 174 Å². The second kappa shape index (κ2) is 10.2. The molecule has 9 aromatic rings. The SMILES string of the molecule is c1ccc(-c2cc(-c3ccccn3)cc(-c3ccc4c(c3)-c3cc5c(cc3C43c4ccccc4-c4ccccc43)oc3ccccc35)n2)cc1. The topological polar surface area (TPSA) is 38.9 Å². The smallest absolute Gasteiger partial charge is 0.135 e. The van der Waals surface area contributed by atoms with Gasteiger partial charge in [0.1, 0.15) is 11.2 Å². The summed E-state index contributed by atoms with van der Waals surface area (Å²) in [5.74, 6) is 0. The lowest BCUT2D eigenvalue weighted by Crippen LogP contribution is -2.25. The number of rotatable bonds is 3. The number of furan rings is 1. The van der Waals surface area contributed by atoms with E-state index < -0.39 is 5.41 Å². The van der Waals surface area contributed by atoms with Crippen LogP contribution in [0.25, 0.3) is 78.0 Å². The minimum Gasteiger partial charge on any atom is -0.456 e. The van der Waals surface area contributed by atoms with Gasteiger partial charge in [0.05, 0.1) is 22.5 Å². The van der Waals surface area contributed by atoms with Crippen molar-refractivity contribution in [3.8, 4) is 56.0 Å². The third-order valence-corrected chi connectivity index (χ3v) is 10.7. The van der Waals surface area contributed by atoms with Gasteiger partial charge >= 0.3 is 0 Å². The Kier molecular flexibility index (Phi) is 5.59. The van der Waals surface area contributed by atoms with Gasteiger partial charge in [-0.25, -0.2) is 4.98 Å². The molecule has 3 nitrogen and oxygen atoms in total. The molecule has 0 radical (unpaired) electrons. The van der Waals surface area contributed by atoms with E-state index in [1.165, 1.54) is 44.5 Å². The van der Waals surface area contributed by atoms with Crippen LogP contribution in [0.5, 0.6) is 0 Å². The van der Waals surface area contributed by atoms with Crippen LogP contribution in [0.1, 0.15) is 22.3 Å². The zero-order valence-corrected chi connectivity index (χ0v) is 27.0. The Labute approximate surface area is 289 Å². The van der Waals surface area contributed by atoms with Gasteiger partial charge in [-0.05, 0) is 93.0 Å². The monoisotopic (exact) mass is 636 g/mol. The molecule has 1 spiro atoms. The van der Waals surface area contributed by atoms with Crippen LogP contribution < -0.4 is 0 Å². The van der Waals surface area contributed by atoms with E-state index in [-0.39, 0.29) is 0 Å². The highest BCUT2D eigenvalue weighted by molar-refractivity contribution is 6.09. The number of para-hydroxylation sites is 1. The molecule has 0 bridgehead atoms. The van der Waals surface area contributed by atoms with Gasteiger partial charge in [-0.15, -0.1) is 0 Å². The number of nitrogens with zero attached hydrogens (tertiary/aromatic N) is 2. The molecule has 6 aromatic carbocycles. The van der Waals surface area contributed by atoms with Crippen LogP contribution in [-0.4, -0.2) is 9.97 Å². The minimum atomic E-state index is -0.470. The largest absolute Gasteiger partial charge is 0.456 e. The number of benzene rings is 6. The lowest BCUT2D eigenvalue weighted by molar-refractivity contribution is 0.666. The fourth-order valence-corrected chi connectivity index (χ4v) is 8.64. The van der Waals surface area contributed by atoms with Crippen LogP contribution in [-0.2, 0) is 5.41 Å². The number of fused-ring (bicyclic) bond motifs is 13. The average molecular weight is 637 g/mol. The van der Waals surface area contributed by atoms with E-state index in [0.717, 1.165) is 55.7 Å². The third-order valence-electron chi connectivity index (χ3n) is 10.7. The number of pyridine rings is 2. The maximum Gasteiger partial charge on any atom is 0.135 e. The van der Waals surface area contributed by atoms with Crippen molar-refractivity contribution in [1.82, 2.24) is 9.97 Å². The standard InChI is InChI=1S/C47H28N2O/c1-2-12-29(13-3-1)43-25-31(42-19-10-11-23-48-42)26-44(49-43)30-21-22-40-35(24-30)36-27-37-34-16-6-9-20-45(34)50-46(37)28-41(36)47(40)38-17-7-4-14-32(38)33-15-5-8-18-39(33)47/h1-28H. The third kappa shape index (κ3) is 3.69. The van der Waals surface area contributed by atoms with Crippen molar-refractivity contribution in [3.63, 3.8) is 0 Å². The summed E-state index contributed by atoms with van der Waals surface area (Å²) in [4.78, 5) is 9.99. The first-order valence-electron chi connectivity index (χ1n) is 17.1. The number of hydrogen-bond donors (Lipinski definition) is 0. The van der Waals surface area contributed by atoms with E-state index in [4.69, 9.17) is 14.4 Å². The summed E-state index contributed by atoms with van der Waals surface area (Å²) in [7, 11) is 0. The molecule has 2 aliphatic rings. The van der Waals surface area contributed by atoms with Gasteiger partial charge in [-0.1, -0.05) is 115 Å². The Bertz CT molecular complexity index is 2710. The zero-order chi connectivity index (χ0) is 32.8. The summed E-state index contributed by atoms with van der Waals surface area (Å²) in [5.41, 5.74) is 17.5. The Hall–Kier alpha value is -6.58. The van der Waals surface area contributed by atoms with E-state index in [9.17, 15) is 0 Å². The second-order valence-corrected chi connectivity index (χ2v) is 13.3. The Morgan fingerprint density at radius 2 is 1.04 bits per heavy atom. The Morgan fingerprint density at radius 3 is 1.82 bits per heavy atom. The van der Waals surface area contributed by atoms with Crippen molar-refractivity contribution in [2.75, 3.05) is 0 Å². The lowest BCUT2D eigenvalue weighted by Gasteiger charge is -2.30. The fraction of sp³-hybridized carbons (Fsp3) is 0.0213. The van der Waals surface area contributed by atoms with E-state index >= 15 is 0 Å². The summed E-state index contributed by atoms with van der Waals surface area (Å²) in [5, 5.41) is 2.27. The van der Waals surface area contributed by atoms with Crippen LogP contribution in [0, 0.1) is 0 Å². The molecule has 50 heavy (non-hydrogen) atoms. The fourth-order valence-electron chi connectivity index (χ4n) is 8.64. The quantitative estimate of drug-likeness (QED) is 0.194. The molecule has 3 aromatic heterocycles. The van der Waals surface area contributed by atoms with Crippen molar-refractivity contribution in [3.05, 3.63) is 192 Å². The first-order chi connectivity index (χ1) is 24.8. The lowest BCUT2D eigenvalue weighted by atomic mass is 9.70. The molecule has 0 atom stereocenters. The van der Waals surface area contributed by atoms with Crippen LogP contribution >= 0.6 is 0 Å². The molecule has 0 saturated carbocycles. The summed E-state index contributed by atoms with van der Waals surface area (Å²) >= 11 is 0. The molecular weight excluding hydrogens is 609 g/mol. The zero-order valence-electron chi connectivity index (χ0n) is 27.0. The minimum absolute atomic E-state index is 0.470. The summed E-state index contributed by atoms with van der Waals surface area (Å²) in [6.07, 6.45) is 1.85. The van der Waals surface area contributed by atoms with E-state index in [2.05, 4.69) is 140 Å². The normalized spacial score (nSPS) is 13.4. The molecule has 0 aliphatic heterocycles. The van der Waals surface area contributed by atoms with Gasteiger partial charge in [0.2, 0.25) is 0 Å². The van der Waals surface area contributed by atoms with E-state index in [1.807, 2.05) is 30.5 Å². The van der Waals surface area contributed by atoms with Gasteiger partial charge in [0, 0.05) is 33.7 Å². The number of aromatic nitrogens is 2. The molecule has 0 N–H and O–H groups in total. The summed E-state index contributed by atoms with van der Waals surface area (Å²) < 4.78 is 6.54. The van der Waals surface area contributed by atoms with E-state index in [1.54, 1.807) is 0 Å². The van der Waals surface area contributed by atoms with E-state index in [0.29, 0.717) is 0 Å². The molecule has 0 saturated heterocycles. The van der Waals surface area contributed by atoms with Gasteiger partial charge in [-0.2, -0.15) is 0 Å². The maximum absolute atomic E-state index is 6.54.